The van der Waals surface area contributed by atoms with Crippen LogP contribution in [0.25, 0.3) is 0 Å². The molecule has 3 amide bonds. The molecule has 2 aromatic rings. The zero-order valence-corrected chi connectivity index (χ0v) is 19.9. The second kappa shape index (κ2) is 11.2. The Balaban J connectivity index is 1.70. The summed E-state index contributed by atoms with van der Waals surface area (Å²) in [4.78, 5) is 27.5. The van der Waals surface area contributed by atoms with Crippen molar-refractivity contribution in [1.82, 2.24) is 15.5 Å². The lowest BCUT2D eigenvalue weighted by molar-refractivity contribution is -0.126. The van der Waals surface area contributed by atoms with E-state index in [2.05, 4.69) is 10.6 Å². The number of ether oxygens (including phenoxy) is 1. The fraction of sp³-hybridized carbons (Fsp3) is 0.462. The third kappa shape index (κ3) is 6.46. The molecule has 1 heterocycles. The highest BCUT2D eigenvalue weighted by Gasteiger charge is 2.34. The first kappa shape index (κ1) is 24.6. The summed E-state index contributed by atoms with van der Waals surface area (Å²) in [5.41, 5.74) is 2.54. The van der Waals surface area contributed by atoms with E-state index in [-0.39, 0.29) is 35.6 Å². The second-order valence-electron chi connectivity index (χ2n) is 9.00. The quantitative estimate of drug-likeness (QED) is 0.662. The number of likely N-dealkylation sites (tertiary alicyclic amines) is 1. The molecule has 1 aliphatic heterocycles. The predicted molar refractivity (Wildman–Crippen MR) is 127 cm³/mol. The van der Waals surface area contributed by atoms with Crippen molar-refractivity contribution in [2.75, 3.05) is 26.7 Å². The average Bonchev–Trinajstić information content (AvgIpc) is 2.80. The topological polar surface area (TPSA) is 70.7 Å². The first-order valence-electron chi connectivity index (χ1n) is 11.5. The molecule has 0 bridgehead atoms. The number of carbonyl (C=O) groups is 2. The van der Waals surface area contributed by atoms with Crippen LogP contribution in [0.1, 0.15) is 42.9 Å². The van der Waals surface area contributed by atoms with Crippen molar-refractivity contribution >= 4 is 11.9 Å². The first-order chi connectivity index (χ1) is 15.8. The van der Waals surface area contributed by atoms with Crippen LogP contribution in [0, 0.1) is 18.7 Å². The zero-order chi connectivity index (χ0) is 24.0. The van der Waals surface area contributed by atoms with Gasteiger partial charge in [0.15, 0.2) is 0 Å². The summed E-state index contributed by atoms with van der Waals surface area (Å²) in [5.74, 6) is 0.0867. The van der Waals surface area contributed by atoms with Crippen LogP contribution < -0.4 is 15.4 Å². The van der Waals surface area contributed by atoms with Gasteiger partial charge >= 0.3 is 6.03 Å². The molecule has 0 aromatic heterocycles. The van der Waals surface area contributed by atoms with Crippen molar-refractivity contribution in [3.63, 3.8) is 0 Å². The number of methoxy groups -OCH3 is 1. The second-order valence-corrected chi connectivity index (χ2v) is 9.00. The Morgan fingerprint density at radius 3 is 2.64 bits per heavy atom. The van der Waals surface area contributed by atoms with Gasteiger partial charge in [-0.1, -0.05) is 30.3 Å². The average molecular weight is 456 g/mol. The van der Waals surface area contributed by atoms with Gasteiger partial charge in [-0.2, -0.15) is 0 Å². The van der Waals surface area contributed by atoms with E-state index in [0.29, 0.717) is 38.0 Å². The lowest BCUT2D eigenvalue weighted by Gasteiger charge is -2.38. The van der Waals surface area contributed by atoms with E-state index in [1.807, 2.05) is 44.2 Å². The van der Waals surface area contributed by atoms with E-state index in [1.165, 1.54) is 6.07 Å². The Morgan fingerprint density at radius 1 is 1.18 bits per heavy atom. The highest BCUT2D eigenvalue weighted by molar-refractivity contribution is 5.81. The number of halogens is 1. The lowest BCUT2D eigenvalue weighted by Crippen LogP contribution is -2.52. The van der Waals surface area contributed by atoms with Gasteiger partial charge in [0.1, 0.15) is 11.6 Å². The minimum Gasteiger partial charge on any atom is -0.496 e. The number of rotatable bonds is 7. The summed E-state index contributed by atoms with van der Waals surface area (Å²) < 4.78 is 19.2. The molecule has 6 nitrogen and oxygen atoms in total. The van der Waals surface area contributed by atoms with Crippen molar-refractivity contribution < 1.29 is 18.7 Å². The SMILES string of the molecule is COc1ccccc1CCNC(=O)[C@H]1C[C@@H](c2ccc(F)c(C)c2)CN(C(=O)NC(C)C)C1. The van der Waals surface area contributed by atoms with Crippen molar-refractivity contribution in [1.29, 1.82) is 0 Å². The third-order valence-corrected chi connectivity index (χ3v) is 6.06. The molecule has 3 rings (SSSR count). The number of hydrogen-bond donors (Lipinski definition) is 2. The maximum absolute atomic E-state index is 13.8. The van der Waals surface area contributed by atoms with E-state index in [0.717, 1.165) is 16.9 Å². The summed E-state index contributed by atoms with van der Waals surface area (Å²) in [6.45, 7) is 6.88. The summed E-state index contributed by atoms with van der Waals surface area (Å²) in [6.07, 6.45) is 1.26. The third-order valence-electron chi connectivity index (χ3n) is 6.06. The minimum atomic E-state index is -0.343. The van der Waals surface area contributed by atoms with E-state index in [9.17, 15) is 14.0 Å². The van der Waals surface area contributed by atoms with Gasteiger partial charge in [-0.25, -0.2) is 9.18 Å². The van der Waals surface area contributed by atoms with Crippen LogP contribution in [-0.2, 0) is 11.2 Å². The summed E-state index contributed by atoms with van der Waals surface area (Å²) >= 11 is 0. The fourth-order valence-electron chi connectivity index (χ4n) is 4.33. The number of nitrogens with one attached hydrogen (secondary N) is 2. The van der Waals surface area contributed by atoms with Crippen molar-refractivity contribution in [3.05, 3.63) is 65.0 Å². The van der Waals surface area contributed by atoms with E-state index >= 15 is 0 Å². The maximum atomic E-state index is 13.8. The van der Waals surface area contributed by atoms with E-state index < -0.39 is 0 Å². The smallest absolute Gasteiger partial charge is 0.317 e. The van der Waals surface area contributed by atoms with Crippen LogP contribution in [0.15, 0.2) is 42.5 Å². The summed E-state index contributed by atoms with van der Waals surface area (Å²) in [7, 11) is 1.63. The van der Waals surface area contributed by atoms with Gasteiger partial charge in [-0.15, -0.1) is 0 Å². The van der Waals surface area contributed by atoms with Crippen LogP contribution in [0.3, 0.4) is 0 Å². The molecule has 2 N–H and O–H groups in total. The highest BCUT2D eigenvalue weighted by atomic mass is 19.1. The number of carbonyl (C=O) groups excluding carboxylic acids is 2. The van der Waals surface area contributed by atoms with Gasteiger partial charge in [-0.05, 0) is 62.4 Å². The van der Waals surface area contributed by atoms with Crippen LogP contribution in [-0.4, -0.2) is 49.6 Å². The molecule has 0 saturated carbocycles. The normalized spacial score (nSPS) is 18.2. The van der Waals surface area contributed by atoms with Crippen LogP contribution in [0.5, 0.6) is 5.75 Å². The molecule has 0 aliphatic carbocycles. The number of para-hydroxylation sites is 1. The molecule has 1 aliphatic rings. The monoisotopic (exact) mass is 455 g/mol. The molecule has 0 radical (unpaired) electrons. The number of benzene rings is 2. The Kier molecular flexibility index (Phi) is 8.31. The Bertz CT molecular complexity index is 979. The molecule has 0 unspecified atom stereocenters. The van der Waals surface area contributed by atoms with Crippen LogP contribution in [0.4, 0.5) is 9.18 Å². The largest absolute Gasteiger partial charge is 0.496 e. The Labute approximate surface area is 195 Å². The van der Waals surface area contributed by atoms with Gasteiger partial charge in [0.05, 0.1) is 13.0 Å². The van der Waals surface area contributed by atoms with Gasteiger partial charge in [0, 0.05) is 31.6 Å². The molecular weight excluding hydrogens is 421 g/mol. The molecule has 2 atom stereocenters. The molecule has 1 fully saturated rings. The van der Waals surface area contributed by atoms with Crippen LogP contribution >= 0.6 is 0 Å². The molecule has 7 heteroatoms. The molecule has 1 saturated heterocycles. The molecule has 178 valence electrons. The molecule has 2 aromatic carbocycles. The molecule has 0 spiro atoms. The molecular formula is C26H34FN3O3. The highest BCUT2D eigenvalue weighted by Crippen LogP contribution is 2.31. The fourth-order valence-corrected chi connectivity index (χ4v) is 4.33. The van der Waals surface area contributed by atoms with Crippen LogP contribution in [0.2, 0.25) is 0 Å². The first-order valence-corrected chi connectivity index (χ1v) is 11.5. The Morgan fingerprint density at radius 2 is 1.94 bits per heavy atom. The Hall–Kier alpha value is -3.09. The summed E-state index contributed by atoms with van der Waals surface area (Å²) in [5, 5.41) is 5.96. The summed E-state index contributed by atoms with van der Waals surface area (Å²) in [6, 6.07) is 12.6. The number of piperidine rings is 1. The van der Waals surface area contributed by atoms with E-state index in [1.54, 1.807) is 25.0 Å². The minimum absolute atomic E-state index is 0.000860. The number of nitrogens with zero attached hydrogens (tertiary/aromatic N) is 1. The predicted octanol–water partition coefficient (Wildman–Crippen LogP) is 4.03. The number of urea groups is 1. The van der Waals surface area contributed by atoms with Crippen molar-refractivity contribution in [2.45, 2.75) is 45.6 Å². The lowest BCUT2D eigenvalue weighted by atomic mass is 9.83. The number of aryl methyl sites for hydroxylation is 1. The van der Waals surface area contributed by atoms with Gasteiger partial charge < -0.3 is 20.3 Å². The van der Waals surface area contributed by atoms with Crippen molar-refractivity contribution in [3.8, 4) is 5.75 Å². The number of amides is 3. The van der Waals surface area contributed by atoms with Gasteiger partial charge in [0.2, 0.25) is 5.91 Å². The molecule has 33 heavy (non-hydrogen) atoms. The zero-order valence-electron chi connectivity index (χ0n) is 19.9. The number of hydrogen-bond acceptors (Lipinski definition) is 3. The van der Waals surface area contributed by atoms with Gasteiger partial charge in [-0.3, -0.25) is 4.79 Å². The standard InChI is InChI=1S/C26H34FN3O3/c1-17(2)29-26(32)30-15-21(20-9-10-23(27)18(3)13-20)14-22(16-30)25(31)28-12-11-19-7-5-6-8-24(19)33-4/h5-10,13,17,21-22H,11-12,14-16H2,1-4H3,(H,28,31)(H,29,32)/t21-,22+/m1/s1. The van der Waals surface area contributed by atoms with E-state index in [4.69, 9.17) is 4.74 Å². The van der Waals surface area contributed by atoms with Gasteiger partial charge in [0.25, 0.3) is 0 Å². The van der Waals surface area contributed by atoms with Crippen molar-refractivity contribution in [2.24, 2.45) is 5.92 Å². The maximum Gasteiger partial charge on any atom is 0.317 e.